The summed E-state index contributed by atoms with van der Waals surface area (Å²) in [4.78, 5) is 34.0. The molecule has 33 heavy (non-hydrogen) atoms. The third kappa shape index (κ3) is 21.3. The molecule has 0 aromatic rings. The molecule has 0 aliphatic carbocycles. The lowest BCUT2D eigenvalue weighted by molar-refractivity contribution is -0.870. The van der Waals surface area contributed by atoms with Crippen molar-refractivity contribution in [3.05, 3.63) is 0 Å². The molecule has 1 N–H and O–H groups in total. The lowest BCUT2D eigenvalue weighted by atomic mass is 10.1. The number of nitrogens with zero attached hydrogens (tertiary/aromatic N) is 1. The van der Waals surface area contributed by atoms with Gasteiger partial charge in [0.15, 0.2) is 6.10 Å². The van der Waals surface area contributed by atoms with Gasteiger partial charge >= 0.3 is 19.8 Å². The quantitative estimate of drug-likeness (QED) is 0.106. The molecule has 10 heteroatoms. The van der Waals surface area contributed by atoms with Crippen LogP contribution < -0.4 is 0 Å². The third-order valence-corrected chi connectivity index (χ3v) is 5.87. The lowest BCUT2D eigenvalue weighted by Crippen LogP contribution is -2.37. The average molecular weight is 497 g/mol. The van der Waals surface area contributed by atoms with E-state index in [4.69, 9.17) is 18.5 Å². The van der Waals surface area contributed by atoms with E-state index < -0.39 is 32.5 Å². The zero-order chi connectivity index (χ0) is 25.2. The molecule has 2 unspecified atom stereocenters. The fraction of sp³-hybridized carbons (Fsp3) is 0.913. The molecule has 9 nitrogen and oxygen atoms in total. The molecule has 0 heterocycles. The van der Waals surface area contributed by atoms with E-state index >= 15 is 0 Å². The molecular weight excluding hydrogens is 449 g/mol. The van der Waals surface area contributed by atoms with Crippen molar-refractivity contribution >= 4 is 19.8 Å². The summed E-state index contributed by atoms with van der Waals surface area (Å²) in [6.45, 7) is 4.11. The predicted molar refractivity (Wildman–Crippen MR) is 128 cm³/mol. The van der Waals surface area contributed by atoms with Crippen molar-refractivity contribution < 1.29 is 42.1 Å². The highest BCUT2D eigenvalue weighted by Crippen LogP contribution is 2.43. The Kier molecular flexibility index (Phi) is 17.8. The maximum atomic E-state index is 12.2. The maximum absolute atomic E-state index is 12.2. The number of phosphoric acid groups is 1. The van der Waals surface area contributed by atoms with Gasteiger partial charge in [0.2, 0.25) is 0 Å². The Bertz CT molecular complexity index is 579. The van der Waals surface area contributed by atoms with Crippen LogP contribution in [0.1, 0.15) is 84.5 Å². The first kappa shape index (κ1) is 32.0. The van der Waals surface area contributed by atoms with Crippen molar-refractivity contribution in [1.29, 1.82) is 0 Å². The van der Waals surface area contributed by atoms with Crippen LogP contribution in [0.2, 0.25) is 0 Å². The second kappa shape index (κ2) is 18.4. The first-order valence-corrected chi connectivity index (χ1v) is 13.8. The Morgan fingerprint density at radius 3 is 2.00 bits per heavy atom. The van der Waals surface area contributed by atoms with E-state index in [0.29, 0.717) is 17.4 Å². The van der Waals surface area contributed by atoms with E-state index in [1.165, 1.54) is 6.42 Å². The first-order chi connectivity index (χ1) is 15.5. The molecule has 0 aromatic heterocycles. The van der Waals surface area contributed by atoms with E-state index in [2.05, 4.69) is 6.92 Å². The molecule has 2 atom stereocenters. The van der Waals surface area contributed by atoms with E-state index in [9.17, 15) is 19.0 Å². The van der Waals surface area contributed by atoms with Gasteiger partial charge in [-0.05, 0) is 12.8 Å². The number of likely N-dealkylation sites (N-methyl/N-ethyl adjacent to an activating group) is 1. The summed E-state index contributed by atoms with van der Waals surface area (Å²) in [5, 5.41) is 0. The number of quaternary nitrogens is 1. The summed E-state index contributed by atoms with van der Waals surface area (Å²) in [6, 6.07) is 0. The molecule has 0 aliphatic heterocycles. The second-order valence-corrected chi connectivity index (χ2v) is 10.8. The Morgan fingerprint density at radius 2 is 1.36 bits per heavy atom. The van der Waals surface area contributed by atoms with E-state index in [-0.39, 0.29) is 26.1 Å². The number of carbonyl (C=O) groups is 2. The number of hydrogen-bond donors (Lipinski definition) is 1. The Labute approximate surface area is 200 Å². The van der Waals surface area contributed by atoms with Crippen molar-refractivity contribution in [3.63, 3.8) is 0 Å². The minimum Gasteiger partial charge on any atom is -0.462 e. The molecule has 0 amide bonds. The summed E-state index contributed by atoms with van der Waals surface area (Å²) in [5.41, 5.74) is 0. The Balaban J connectivity index is 4.61. The number of esters is 2. The first-order valence-electron chi connectivity index (χ1n) is 12.3. The number of phosphoric ester groups is 1. The fourth-order valence-corrected chi connectivity index (χ4v) is 3.57. The SMILES string of the molecule is CCCCCCCCC(=O)OC(COC(=O)CCCCC)COP(=O)(O)OCC[N+](C)(C)C. The molecule has 0 bridgehead atoms. The van der Waals surface area contributed by atoms with Gasteiger partial charge in [-0.15, -0.1) is 0 Å². The molecular formula is C23H47NO8P+. The van der Waals surface area contributed by atoms with Crippen LogP contribution in [0.15, 0.2) is 0 Å². The smallest absolute Gasteiger partial charge is 0.462 e. The van der Waals surface area contributed by atoms with Gasteiger partial charge in [0.1, 0.15) is 19.8 Å². The fourth-order valence-electron chi connectivity index (χ4n) is 2.83. The zero-order valence-electron chi connectivity index (χ0n) is 21.4. The van der Waals surface area contributed by atoms with Crippen LogP contribution in [-0.4, -0.2) is 74.9 Å². The van der Waals surface area contributed by atoms with Crippen LogP contribution in [-0.2, 0) is 32.7 Å². The summed E-state index contributed by atoms with van der Waals surface area (Å²) in [6.07, 6.45) is 8.39. The van der Waals surface area contributed by atoms with E-state index in [1.54, 1.807) is 0 Å². The highest BCUT2D eigenvalue weighted by Gasteiger charge is 2.26. The van der Waals surface area contributed by atoms with Crippen LogP contribution >= 0.6 is 7.82 Å². The summed E-state index contributed by atoms with van der Waals surface area (Å²) >= 11 is 0. The van der Waals surface area contributed by atoms with Crippen molar-refractivity contribution in [1.82, 2.24) is 0 Å². The van der Waals surface area contributed by atoms with Crippen molar-refractivity contribution in [2.75, 3.05) is 47.5 Å². The molecule has 0 rings (SSSR count). The number of hydrogen-bond acceptors (Lipinski definition) is 7. The van der Waals surface area contributed by atoms with Gasteiger partial charge in [0, 0.05) is 12.8 Å². The number of unbranched alkanes of at least 4 members (excludes halogenated alkanes) is 7. The minimum atomic E-state index is -4.32. The van der Waals surface area contributed by atoms with Crippen LogP contribution in [0.5, 0.6) is 0 Å². The molecule has 0 saturated heterocycles. The normalized spacial score (nSPS) is 14.5. The predicted octanol–water partition coefficient (Wildman–Crippen LogP) is 4.61. The van der Waals surface area contributed by atoms with Crippen molar-refractivity contribution in [3.8, 4) is 0 Å². The molecule has 0 radical (unpaired) electrons. The average Bonchev–Trinajstić information content (AvgIpc) is 2.71. The van der Waals surface area contributed by atoms with Gasteiger partial charge < -0.3 is 18.9 Å². The van der Waals surface area contributed by atoms with Gasteiger partial charge in [-0.2, -0.15) is 0 Å². The van der Waals surface area contributed by atoms with Crippen LogP contribution in [0, 0.1) is 0 Å². The van der Waals surface area contributed by atoms with E-state index in [0.717, 1.165) is 44.9 Å². The van der Waals surface area contributed by atoms with E-state index in [1.807, 2.05) is 28.1 Å². The van der Waals surface area contributed by atoms with Gasteiger partial charge in [-0.25, -0.2) is 4.57 Å². The molecule has 0 fully saturated rings. The summed E-state index contributed by atoms with van der Waals surface area (Å²) in [7, 11) is 1.47. The lowest BCUT2D eigenvalue weighted by Gasteiger charge is -2.24. The molecule has 196 valence electrons. The van der Waals surface area contributed by atoms with Gasteiger partial charge in [0.05, 0.1) is 27.7 Å². The van der Waals surface area contributed by atoms with Gasteiger partial charge in [0.25, 0.3) is 0 Å². The van der Waals surface area contributed by atoms with Gasteiger partial charge in [-0.3, -0.25) is 18.6 Å². The van der Waals surface area contributed by atoms with Crippen LogP contribution in [0.4, 0.5) is 0 Å². The number of carbonyl (C=O) groups excluding carboxylic acids is 2. The highest BCUT2D eigenvalue weighted by molar-refractivity contribution is 7.47. The largest absolute Gasteiger partial charge is 0.472 e. The van der Waals surface area contributed by atoms with Crippen molar-refractivity contribution in [2.45, 2.75) is 90.6 Å². The van der Waals surface area contributed by atoms with Crippen molar-refractivity contribution in [2.24, 2.45) is 0 Å². The molecule has 0 spiro atoms. The standard InChI is InChI=1S/C23H46NO8P/c1-6-8-10-11-12-14-16-23(26)32-21(19-29-22(25)15-13-9-7-2)20-31-33(27,28)30-18-17-24(3,4)5/h21H,6-20H2,1-5H3/p+1. The minimum absolute atomic E-state index is 0.0339. The summed E-state index contributed by atoms with van der Waals surface area (Å²) < 4.78 is 33.3. The Morgan fingerprint density at radius 1 is 0.818 bits per heavy atom. The van der Waals surface area contributed by atoms with Crippen LogP contribution in [0.3, 0.4) is 0 Å². The highest BCUT2D eigenvalue weighted by atomic mass is 31.2. The topological polar surface area (TPSA) is 108 Å². The van der Waals surface area contributed by atoms with Crippen LogP contribution in [0.25, 0.3) is 0 Å². The molecule has 0 aliphatic rings. The monoisotopic (exact) mass is 496 g/mol. The third-order valence-electron chi connectivity index (χ3n) is 4.89. The molecule has 0 saturated carbocycles. The number of rotatable bonds is 21. The Hall–Kier alpha value is -0.990. The zero-order valence-corrected chi connectivity index (χ0v) is 22.3. The molecule has 0 aromatic carbocycles. The second-order valence-electron chi connectivity index (χ2n) is 9.38. The van der Waals surface area contributed by atoms with Gasteiger partial charge in [-0.1, -0.05) is 58.8 Å². The number of ether oxygens (including phenoxy) is 2. The summed E-state index contributed by atoms with van der Waals surface area (Å²) in [5.74, 6) is -0.841. The maximum Gasteiger partial charge on any atom is 0.472 e.